The Bertz CT molecular complexity index is 395. The predicted molar refractivity (Wildman–Crippen MR) is 82.3 cm³/mol. The lowest BCUT2D eigenvalue weighted by atomic mass is 9.70. The molecule has 2 aliphatic carbocycles. The minimum absolute atomic E-state index is 0.00926. The van der Waals surface area contributed by atoms with Gasteiger partial charge in [-0.25, -0.2) is 0 Å². The van der Waals surface area contributed by atoms with Gasteiger partial charge >= 0.3 is 0 Å². The molecular formula is C16H29NO5. The fourth-order valence-electron chi connectivity index (χ4n) is 3.56. The predicted octanol–water partition coefficient (Wildman–Crippen LogP) is -0.154. The average molecular weight is 315 g/mol. The number of fused-ring (bicyclic) bond motifs is 2. The zero-order chi connectivity index (χ0) is 17.0. The van der Waals surface area contributed by atoms with Gasteiger partial charge < -0.3 is 15.3 Å². The summed E-state index contributed by atoms with van der Waals surface area (Å²) in [5, 5.41) is 25.5. The third kappa shape index (κ3) is 3.40. The highest BCUT2D eigenvalue weighted by Gasteiger charge is 2.66. The van der Waals surface area contributed by atoms with Gasteiger partial charge in [-0.2, -0.15) is 0 Å². The van der Waals surface area contributed by atoms with Crippen molar-refractivity contribution in [3.8, 4) is 0 Å². The number of hydrogen-bond acceptors (Lipinski definition) is 6. The van der Waals surface area contributed by atoms with Crippen LogP contribution in [-0.4, -0.2) is 71.2 Å². The van der Waals surface area contributed by atoms with E-state index in [0.717, 1.165) is 12.8 Å². The Kier molecular flexibility index (Phi) is 6.67. The Morgan fingerprint density at radius 2 is 1.45 bits per heavy atom. The van der Waals surface area contributed by atoms with Crippen molar-refractivity contribution in [3.05, 3.63) is 0 Å². The normalized spacial score (nSPS) is 29.0. The van der Waals surface area contributed by atoms with Crippen molar-refractivity contribution in [2.24, 2.45) is 16.7 Å². The third-order valence-electron chi connectivity index (χ3n) is 5.52. The van der Waals surface area contributed by atoms with Gasteiger partial charge in [-0.15, -0.1) is 0 Å². The van der Waals surface area contributed by atoms with E-state index in [1.807, 2.05) is 20.8 Å². The van der Waals surface area contributed by atoms with Crippen LogP contribution in [-0.2, 0) is 9.59 Å². The lowest BCUT2D eigenvalue weighted by Crippen LogP contribution is -2.33. The molecule has 0 aliphatic heterocycles. The van der Waals surface area contributed by atoms with Gasteiger partial charge in [-0.1, -0.05) is 20.8 Å². The number of ketones is 2. The van der Waals surface area contributed by atoms with Crippen molar-refractivity contribution in [1.29, 1.82) is 0 Å². The molecule has 0 radical (unpaired) electrons. The number of Topliss-reactive ketones (excluding diaryl/α,β-unsaturated/α-hetero) is 2. The molecule has 0 aromatic rings. The molecule has 0 aromatic carbocycles. The number of nitrogens with zero attached hydrogens (tertiary/aromatic N) is 1. The number of aliphatic hydroxyl groups excluding tert-OH is 3. The number of carbonyl (C=O) groups excluding carboxylic acids is 2. The number of carbonyl (C=O) groups is 2. The SMILES string of the molecule is CC12CCC(C(=O)C1=O)C2(C)C.OCCN(CCO)CCO. The minimum atomic E-state index is -0.352. The molecule has 2 saturated carbocycles. The summed E-state index contributed by atoms with van der Waals surface area (Å²) in [4.78, 5) is 24.8. The Labute approximate surface area is 132 Å². The molecule has 2 atom stereocenters. The Morgan fingerprint density at radius 1 is 1.00 bits per heavy atom. The van der Waals surface area contributed by atoms with Gasteiger partial charge in [0.05, 0.1) is 19.8 Å². The smallest absolute Gasteiger partial charge is 0.205 e. The zero-order valence-electron chi connectivity index (χ0n) is 13.8. The van der Waals surface area contributed by atoms with Gasteiger partial charge in [0, 0.05) is 31.0 Å². The van der Waals surface area contributed by atoms with Crippen molar-refractivity contribution in [3.63, 3.8) is 0 Å². The maximum atomic E-state index is 11.6. The van der Waals surface area contributed by atoms with Gasteiger partial charge in [0.2, 0.25) is 11.6 Å². The Hall–Kier alpha value is -0.820. The average Bonchev–Trinajstić information content (AvgIpc) is 2.75. The monoisotopic (exact) mass is 315 g/mol. The van der Waals surface area contributed by atoms with Crippen LogP contribution in [0.2, 0.25) is 0 Å². The maximum absolute atomic E-state index is 11.6. The van der Waals surface area contributed by atoms with Crippen LogP contribution in [0.15, 0.2) is 0 Å². The minimum Gasteiger partial charge on any atom is -0.395 e. The van der Waals surface area contributed by atoms with Gasteiger partial charge in [-0.3, -0.25) is 14.5 Å². The molecule has 3 N–H and O–H groups in total. The van der Waals surface area contributed by atoms with Crippen molar-refractivity contribution in [2.45, 2.75) is 33.6 Å². The molecule has 128 valence electrons. The summed E-state index contributed by atoms with van der Waals surface area (Å²) in [6.07, 6.45) is 1.81. The van der Waals surface area contributed by atoms with E-state index in [2.05, 4.69) is 0 Å². The third-order valence-corrected chi connectivity index (χ3v) is 5.52. The van der Waals surface area contributed by atoms with Gasteiger partial charge in [0.15, 0.2) is 0 Å². The first-order valence-electron chi connectivity index (χ1n) is 7.89. The van der Waals surface area contributed by atoms with Crippen LogP contribution >= 0.6 is 0 Å². The summed E-state index contributed by atoms with van der Waals surface area (Å²) in [7, 11) is 0. The summed E-state index contributed by atoms with van der Waals surface area (Å²) in [5.74, 6) is -0.229. The number of aliphatic hydroxyl groups is 3. The van der Waals surface area contributed by atoms with Crippen molar-refractivity contribution < 1.29 is 24.9 Å². The van der Waals surface area contributed by atoms with Gasteiger partial charge in [0.25, 0.3) is 0 Å². The molecule has 2 unspecified atom stereocenters. The molecule has 6 nitrogen and oxygen atoms in total. The van der Waals surface area contributed by atoms with Crippen molar-refractivity contribution >= 4 is 11.6 Å². The van der Waals surface area contributed by atoms with Crippen LogP contribution in [0.3, 0.4) is 0 Å². The summed E-state index contributed by atoms with van der Waals surface area (Å²) in [6, 6.07) is 0. The molecule has 0 aromatic heterocycles. The molecule has 0 saturated heterocycles. The highest BCUT2D eigenvalue weighted by atomic mass is 16.3. The number of hydrogen-bond donors (Lipinski definition) is 3. The highest BCUT2D eigenvalue weighted by Crippen LogP contribution is 2.61. The van der Waals surface area contributed by atoms with Crippen LogP contribution in [0.1, 0.15) is 33.6 Å². The van der Waals surface area contributed by atoms with Crippen LogP contribution < -0.4 is 0 Å². The van der Waals surface area contributed by atoms with E-state index in [4.69, 9.17) is 15.3 Å². The molecule has 2 bridgehead atoms. The Balaban J connectivity index is 0.000000225. The highest BCUT2D eigenvalue weighted by molar-refractivity contribution is 6.43. The first-order chi connectivity index (χ1) is 10.3. The lowest BCUT2D eigenvalue weighted by Gasteiger charge is -2.31. The first-order valence-corrected chi connectivity index (χ1v) is 7.89. The maximum Gasteiger partial charge on any atom is 0.205 e. The second kappa shape index (κ2) is 7.64. The lowest BCUT2D eigenvalue weighted by molar-refractivity contribution is -0.141. The van der Waals surface area contributed by atoms with Crippen molar-refractivity contribution in [2.75, 3.05) is 39.5 Å². The molecule has 2 fully saturated rings. The first kappa shape index (κ1) is 19.2. The van der Waals surface area contributed by atoms with Crippen molar-refractivity contribution in [1.82, 2.24) is 4.90 Å². The quantitative estimate of drug-likeness (QED) is 0.590. The van der Waals surface area contributed by atoms with Gasteiger partial charge in [0.1, 0.15) is 0 Å². The molecule has 2 aliphatic rings. The summed E-state index contributed by atoms with van der Waals surface area (Å²) < 4.78 is 0. The van der Waals surface area contributed by atoms with E-state index in [9.17, 15) is 9.59 Å². The summed E-state index contributed by atoms with van der Waals surface area (Å²) in [6.45, 7) is 7.80. The summed E-state index contributed by atoms with van der Waals surface area (Å²) in [5.41, 5.74) is -0.448. The fraction of sp³-hybridized carbons (Fsp3) is 0.875. The summed E-state index contributed by atoms with van der Waals surface area (Å²) >= 11 is 0. The molecule has 0 heterocycles. The molecule has 6 heteroatoms. The van der Waals surface area contributed by atoms with E-state index in [-0.39, 0.29) is 48.1 Å². The fourth-order valence-corrected chi connectivity index (χ4v) is 3.56. The van der Waals surface area contributed by atoms with Crippen LogP contribution in [0, 0.1) is 16.7 Å². The van der Waals surface area contributed by atoms with E-state index < -0.39 is 0 Å². The second-order valence-corrected chi connectivity index (χ2v) is 6.85. The Morgan fingerprint density at radius 3 is 1.68 bits per heavy atom. The number of rotatable bonds is 6. The second-order valence-electron chi connectivity index (χ2n) is 6.85. The molecular weight excluding hydrogens is 286 g/mol. The standard InChI is InChI=1S/C10H14O2.C6H15NO3/c1-9(2)6-4-5-10(9,3)8(12)7(6)11;8-4-1-7(2-5-9)3-6-10/h6H,4-5H2,1-3H3;8-10H,1-6H2. The van der Waals surface area contributed by atoms with E-state index in [1.54, 1.807) is 4.90 Å². The van der Waals surface area contributed by atoms with E-state index in [0.29, 0.717) is 19.6 Å². The molecule has 0 amide bonds. The van der Waals surface area contributed by atoms with Crippen LogP contribution in [0.25, 0.3) is 0 Å². The molecule has 0 spiro atoms. The van der Waals surface area contributed by atoms with Crippen LogP contribution in [0.5, 0.6) is 0 Å². The largest absolute Gasteiger partial charge is 0.395 e. The molecule has 22 heavy (non-hydrogen) atoms. The van der Waals surface area contributed by atoms with E-state index >= 15 is 0 Å². The van der Waals surface area contributed by atoms with E-state index in [1.165, 1.54) is 0 Å². The van der Waals surface area contributed by atoms with Crippen LogP contribution in [0.4, 0.5) is 0 Å². The zero-order valence-corrected chi connectivity index (χ0v) is 13.8. The van der Waals surface area contributed by atoms with Gasteiger partial charge in [-0.05, 0) is 18.3 Å². The topological polar surface area (TPSA) is 98.1 Å². The molecule has 2 rings (SSSR count).